The number of fused-ring (bicyclic) bond motifs is 7. The summed E-state index contributed by atoms with van der Waals surface area (Å²) in [6.45, 7) is 21.0. The lowest BCUT2D eigenvalue weighted by Crippen LogP contribution is -2.66. The summed E-state index contributed by atoms with van der Waals surface area (Å²) in [6, 6.07) is 9.65. The summed E-state index contributed by atoms with van der Waals surface area (Å²) >= 11 is 0. The molecule has 7 heteroatoms. The highest BCUT2D eigenvalue weighted by Gasteiger charge is 2.71. The first-order valence-corrected chi connectivity index (χ1v) is 20.7. The molecular formula is C46H68O7. The number of carbonyl (C=O) groups is 3. The van der Waals surface area contributed by atoms with Crippen molar-refractivity contribution in [3.8, 4) is 0 Å². The molecule has 0 heterocycles. The predicted octanol–water partition coefficient (Wildman–Crippen LogP) is 10.6. The Balaban J connectivity index is 1.15. The third kappa shape index (κ3) is 6.98. The molecule has 4 unspecified atom stereocenters. The average Bonchev–Trinajstić information content (AvgIpc) is 3.47. The maximum absolute atomic E-state index is 13.6. The third-order valence-electron chi connectivity index (χ3n) is 16.8. The van der Waals surface area contributed by atoms with E-state index in [4.69, 9.17) is 14.2 Å². The van der Waals surface area contributed by atoms with Crippen LogP contribution in [0.3, 0.4) is 0 Å². The molecular weight excluding hydrogens is 664 g/mol. The maximum atomic E-state index is 13.6. The van der Waals surface area contributed by atoms with Crippen LogP contribution in [0, 0.1) is 62.1 Å². The molecule has 1 aromatic rings. The number of benzene rings is 1. The van der Waals surface area contributed by atoms with Gasteiger partial charge in [0.15, 0.2) is 0 Å². The lowest BCUT2D eigenvalue weighted by atomic mass is 9.32. The van der Waals surface area contributed by atoms with Crippen LogP contribution < -0.4 is 0 Å². The van der Waals surface area contributed by atoms with Gasteiger partial charge in [-0.1, -0.05) is 85.4 Å². The van der Waals surface area contributed by atoms with E-state index in [1.54, 1.807) is 7.11 Å². The van der Waals surface area contributed by atoms with Crippen LogP contribution in [-0.4, -0.2) is 36.2 Å². The first-order chi connectivity index (χ1) is 24.8. The molecule has 0 amide bonds. The number of carboxylic acids is 1. The standard InChI is InChI=1S/C46H68O7/c1-30(51-9)32-17-23-46(24-20-37(47)48)26-25-44(7)33(40(32)46)15-16-35-43(6)21-19-36(42(4,5)34(43)18-22-45(35,44)8)53-39(50)28-41(2,3)27-38(49)52-29-31-13-11-10-12-14-31/h10-14,32-36,40H,1,15-29H2,2-9H3,(H,47,48)/t32-,33?,34?,35?,36-,40?,43-,44+,45+,46-/m0/s1. The summed E-state index contributed by atoms with van der Waals surface area (Å²) in [5, 5.41) is 9.75. The van der Waals surface area contributed by atoms with Gasteiger partial charge >= 0.3 is 17.9 Å². The summed E-state index contributed by atoms with van der Waals surface area (Å²) in [6.07, 6.45) is 12.1. The van der Waals surface area contributed by atoms with Crippen molar-refractivity contribution in [3.63, 3.8) is 0 Å². The van der Waals surface area contributed by atoms with Crippen molar-refractivity contribution < 1.29 is 33.7 Å². The highest BCUT2D eigenvalue weighted by Crippen LogP contribution is 2.78. The van der Waals surface area contributed by atoms with Gasteiger partial charge in [0.05, 0.1) is 25.7 Å². The van der Waals surface area contributed by atoms with E-state index >= 15 is 0 Å². The number of rotatable bonds is 12. The SMILES string of the molecule is C=C(OC)[C@@H]1CC[C@]2(CCC(=O)O)CC[C@]3(C)C(CCC4[C@@]5(C)CC[C@H](OC(=O)CC(C)(C)CC(=O)OCc6ccccc6)C(C)(C)C5CC[C@]43C)C12. The van der Waals surface area contributed by atoms with E-state index in [-0.39, 0.29) is 71.0 Å². The monoisotopic (exact) mass is 732 g/mol. The summed E-state index contributed by atoms with van der Waals surface area (Å²) in [4.78, 5) is 38.2. The Kier molecular flexibility index (Phi) is 10.8. The number of allylic oxidation sites excluding steroid dienone is 1. The largest absolute Gasteiger partial charge is 0.501 e. The number of hydrogen-bond donors (Lipinski definition) is 1. The lowest BCUT2D eigenvalue weighted by Gasteiger charge is -2.73. The zero-order valence-corrected chi connectivity index (χ0v) is 34.1. The fraction of sp³-hybridized carbons (Fsp3) is 0.761. The average molecular weight is 733 g/mol. The molecule has 294 valence electrons. The fourth-order valence-corrected chi connectivity index (χ4v) is 14.0. The molecule has 1 N–H and O–H groups in total. The van der Waals surface area contributed by atoms with Crippen molar-refractivity contribution in [3.05, 3.63) is 48.2 Å². The number of ether oxygens (including phenoxy) is 3. The molecule has 0 spiro atoms. The summed E-state index contributed by atoms with van der Waals surface area (Å²) < 4.78 is 17.8. The molecule has 7 nitrogen and oxygen atoms in total. The molecule has 5 aliphatic carbocycles. The molecule has 5 aliphatic rings. The first kappa shape index (κ1) is 39.9. The highest BCUT2D eigenvalue weighted by atomic mass is 16.5. The Bertz CT molecular complexity index is 1550. The lowest BCUT2D eigenvalue weighted by molar-refractivity contribution is -0.251. The van der Waals surface area contributed by atoms with Gasteiger partial charge in [0.25, 0.3) is 0 Å². The van der Waals surface area contributed by atoms with Crippen LogP contribution in [0.25, 0.3) is 0 Å². The van der Waals surface area contributed by atoms with Crippen molar-refractivity contribution in [2.45, 2.75) is 151 Å². The van der Waals surface area contributed by atoms with Gasteiger partial charge in [0, 0.05) is 17.8 Å². The van der Waals surface area contributed by atoms with Crippen molar-refractivity contribution >= 4 is 17.9 Å². The molecule has 5 fully saturated rings. The molecule has 0 aliphatic heterocycles. The first-order valence-electron chi connectivity index (χ1n) is 20.7. The number of carbonyl (C=O) groups excluding carboxylic acids is 2. The molecule has 5 saturated carbocycles. The number of carboxylic acid groups (broad SMARTS) is 1. The Morgan fingerprint density at radius 3 is 2.21 bits per heavy atom. The molecule has 0 saturated heterocycles. The van der Waals surface area contributed by atoms with Gasteiger partial charge < -0.3 is 19.3 Å². The number of hydrogen-bond acceptors (Lipinski definition) is 6. The van der Waals surface area contributed by atoms with E-state index in [9.17, 15) is 19.5 Å². The van der Waals surface area contributed by atoms with Crippen molar-refractivity contribution in [2.24, 2.45) is 62.1 Å². The fourth-order valence-electron chi connectivity index (χ4n) is 14.0. The molecule has 6 rings (SSSR count). The zero-order valence-electron chi connectivity index (χ0n) is 34.1. The summed E-state index contributed by atoms with van der Waals surface area (Å²) in [7, 11) is 1.75. The Hall–Kier alpha value is -2.83. The molecule has 1 aromatic carbocycles. The second kappa shape index (κ2) is 14.3. The van der Waals surface area contributed by atoms with Gasteiger partial charge in [0.1, 0.15) is 12.7 Å². The van der Waals surface area contributed by atoms with E-state index in [0.29, 0.717) is 29.6 Å². The zero-order chi connectivity index (χ0) is 38.6. The minimum atomic E-state index is -0.686. The normalized spacial score (nSPS) is 38.6. The Morgan fingerprint density at radius 1 is 0.830 bits per heavy atom. The van der Waals surface area contributed by atoms with Crippen LogP contribution in [0.4, 0.5) is 0 Å². The quantitative estimate of drug-likeness (QED) is 0.169. The number of aliphatic carboxylic acids is 1. The third-order valence-corrected chi connectivity index (χ3v) is 16.8. The van der Waals surface area contributed by atoms with Crippen LogP contribution in [0.15, 0.2) is 42.7 Å². The maximum Gasteiger partial charge on any atom is 0.306 e. The van der Waals surface area contributed by atoms with Gasteiger partial charge in [-0.3, -0.25) is 14.4 Å². The topological polar surface area (TPSA) is 99.1 Å². The van der Waals surface area contributed by atoms with Crippen LogP contribution in [0.5, 0.6) is 0 Å². The van der Waals surface area contributed by atoms with E-state index in [2.05, 4.69) is 41.2 Å². The van der Waals surface area contributed by atoms with Gasteiger partial charge in [-0.15, -0.1) is 0 Å². The molecule has 10 atom stereocenters. The van der Waals surface area contributed by atoms with Crippen LogP contribution in [-0.2, 0) is 35.2 Å². The minimum absolute atomic E-state index is 0.0555. The van der Waals surface area contributed by atoms with Gasteiger partial charge in [0.2, 0.25) is 0 Å². The van der Waals surface area contributed by atoms with Gasteiger partial charge in [-0.25, -0.2) is 0 Å². The summed E-state index contributed by atoms with van der Waals surface area (Å²) in [5.41, 5.74) is 0.709. The van der Waals surface area contributed by atoms with E-state index < -0.39 is 11.4 Å². The van der Waals surface area contributed by atoms with Crippen molar-refractivity contribution in [2.75, 3.05) is 7.11 Å². The van der Waals surface area contributed by atoms with Crippen LogP contribution in [0.2, 0.25) is 0 Å². The summed E-state index contributed by atoms with van der Waals surface area (Å²) in [5.74, 6) is 1.92. The number of esters is 2. The minimum Gasteiger partial charge on any atom is -0.501 e. The van der Waals surface area contributed by atoms with E-state index in [0.717, 1.165) is 69.1 Å². The highest BCUT2D eigenvalue weighted by molar-refractivity contribution is 5.74. The molecule has 0 aromatic heterocycles. The van der Waals surface area contributed by atoms with Gasteiger partial charge in [-0.05, 0) is 127 Å². The smallest absolute Gasteiger partial charge is 0.306 e. The second-order valence-electron chi connectivity index (χ2n) is 20.3. The van der Waals surface area contributed by atoms with Crippen molar-refractivity contribution in [1.29, 1.82) is 0 Å². The predicted molar refractivity (Wildman–Crippen MR) is 206 cm³/mol. The molecule has 0 radical (unpaired) electrons. The van der Waals surface area contributed by atoms with Crippen LogP contribution in [0.1, 0.15) is 144 Å². The molecule has 53 heavy (non-hydrogen) atoms. The number of methoxy groups -OCH3 is 1. The van der Waals surface area contributed by atoms with Crippen LogP contribution >= 0.6 is 0 Å². The molecule has 0 bridgehead atoms. The van der Waals surface area contributed by atoms with E-state index in [1.165, 1.54) is 12.8 Å². The Morgan fingerprint density at radius 2 is 1.53 bits per heavy atom. The van der Waals surface area contributed by atoms with Crippen molar-refractivity contribution in [1.82, 2.24) is 0 Å². The van der Waals surface area contributed by atoms with E-state index in [1.807, 2.05) is 44.2 Å². The van der Waals surface area contributed by atoms with Gasteiger partial charge in [-0.2, -0.15) is 0 Å². The second-order valence-corrected chi connectivity index (χ2v) is 20.3. The Labute approximate surface area is 319 Å².